The number of rotatable bonds is 5. The highest BCUT2D eigenvalue weighted by atomic mass is 16.5. The molecule has 0 atom stereocenters. The molecule has 0 aliphatic heterocycles. The van der Waals surface area contributed by atoms with Crippen molar-refractivity contribution >= 4 is 5.97 Å². The van der Waals surface area contributed by atoms with Crippen LogP contribution in [0.4, 0.5) is 0 Å². The summed E-state index contributed by atoms with van der Waals surface area (Å²) in [5.74, 6) is -0.846. The molecule has 0 aliphatic carbocycles. The minimum Gasteiger partial charge on any atom is -0.476 e. The third-order valence-electron chi connectivity index (χ3n) is 2.11. The van der Waals surface area contributed by atoms with Crippen molar-refractivity contribution in [2.24, 2.45) is 0 Å². The zero-order valence-electron chi connectivity index (χ0n) is 9.00. The van der Waals surface area contributed by atoms with Crippen molar-refractivity contribution in [3.8, 4) is 0 Å². The van der Waals surface area contributed by atoms with Crippen molar-refractivity contribution < 1.29 is 19.1 Å². The molecule has 0 saturated carbocycles. The van der Waals surface area contributed by atoms with Gasteiger partial charge in [-0.1, -0.05) is 30.3 Å². The molecule has 2 rings (SSSR count). The zero-order valence-corrected chi connectivity index (χ0v) is 9.00. The second-order valence-corrected chi connectivity index (χ2v) is 3.41. The molecular formula is C12H11NO4. The summed E-state index contributed by atoms with van der Waals surface area (Å²) < 4.78 is 10.3. The summed E-state index contributed by atoms with van der Waals surface area (Å²) in [4.78, 5) is 14.3. The first kappa shape index (κ1) is 11.3. The van der Waals surface area contributed by atoms with Crippen LogP contribution in [0.1, 0.15) is 21.9 Å². The Balaban J connectivity index is 1.84. The average molecular weight is 233 g/mol. The van der Waals surface area contributed by atoms with Gasteiger partial charge in [0.25, 0.3) is 0 Å². The SMILES string of the molecule is O=C(O)c1coc(COCc2ccccc2)n1. The van der Waals surface area contributed by atoms with Gasteiger partial charge in [0, 0.05) is 0 Å². The molecule has 17 heavy (non-hydrogen) atoms. The predicted molar refractivity (Wildman–Crippen MR) is 58.4 cm³/mol. The molecule has 1 heterocycles. The van der Waals surface area contributed by atoms with E-state index >= 15 is 0 Å². The van der Waals surface area contributed by atoms with Gasteiger partial charge in [-0.3, -0.25) is 0 Å². The standard InChI is InChI=1S/C12H11NO4/c14-12(15)10-7-17-11(13-10)8-16-6-9-4-2-1-3-5-9/h1-5,7H,6,8H2,(H,14,15). The van der Waals surface area contributed by atoms with Crippen molar-refractivity contribution in [1.82, 2.24) is 4.98 Å². The molecule has 2 aromatic rings. The predicted octanol–water partition coefficient (Wildman–Crippen LogP) is 2.09. The molecule has 1 N–H and O–H groups in total. The summed E-state index contributed by atoms with van der Waals surface area (Å²) in [6.45, 7) is 0.591. The number of hydrogen-bond donors (Lipinski definition) is 1. The smallest absolute Gasteiger partial charge is 0.357 e. The van der Waals surface area contributed by atoms with Crippen molar-refractivity contribution in [3.05, 3.63) is 53.7 Å². The Hall–Kier alpha value is -2.14. The number of benzene rings is 1. The van der Waals surface area contributed by atoms with E-state index in [1.54, 1.807) is 0 Å². The Morgan fingerprint density at radius 3 is 2.71 bits per heavy atom. The second-order valence-electron chi connectivity index (χ2n) is 3.41. The number of hydrogen-bond acceptors (Lipinski definition) is 4. The van der Waals surface area contributed by atoms with Crippen molar-refractivity contribution in [2.75, 3.05) is 0 Å². The maximum Gasteiger partial charge on any atom is 0.357 e. The van der Waals surface area contributed by atoms with Gasteiger partial charge in [0.15, 0.2) is 5.69 Å². The van der Waals surface area contributed by atoms with E-state index < -0.39 is 5.97 Å². The van der Waals surface area contributed by atoms with E-state index in [0.29, 0.717) is 6.61 Å². The molecule has 0 amide bonds. The van der Waals surface area contributed by atoms with Crippen LogP contribution in [-0.2, 0) is 18.0 Å². The van der Waals surface area contributed by atoms with Gasteiger partial charge < -0.3 is 14.3 Å². The van der Waals surface area contributed by atoms with E-state index in [1.165, 1.54) is 0 Å². The molecule has 0 radical (unpaired) electrons. The van der Waals surface area contributed by atoms with Crippen LogP contribution in [-0.4, -0.2) is 16.1 Å². The number of carbonyl (C=O) groups is 1. The van der Waals surface area contributed by atoms with Crippen LogP contribution in [0, 0.1) is 0 Å². The van der Waals surface area contributed by atoms with E-state index in [1.807, 2.05) is 30.3 Å². The monoisotopic (exact) mass is 233 g/mol. The molecule has 5 nitrogen and oxygen atoms in total. The Morgan fingerprint density at radius 1 is 1.29 bits per heavy atom. The number of oxazole rings is 1. The van der Waals surface area contributed by atoms with Gasteiger partial charge in [0.2, 0.25) is 5.89 Å². The summed E-state index contributed by atoms with van der Waals surface area (Å²) in [6, 6.07) is 9.66. The zero-order chi connectivity index (χ0) is 12.1. The summed E-state index contributed by atoms with van der Waals surface area (Å²) in [5.41, 5.74) is 0.931. The van der Waals surface area contributed by atoms with Gasteiger partial charge >= 0.3 is 5.97 Å². The first-order valence-electron chi connectivity index (χ1n) is 5.05. The summed E-state index contributed by atoms with van der Waals surface area (Å²) in [6.07, 6.45) is 1.10. The fourth-order valence-corrected chi connectivity index (χ4v) is 1.31. The number of aromatic nitrogens is 1. The third kappa shape index (κ3) is 3.15. The number of aromatic carboxylic acids is 1. The Morgan fingerprint density at radius 2 is 2.06 bits per heavy atom. The molecule has 0 fully saturated rings. The molecule has 1 aromatic heterocycles. The van der Waals surface area contributed by atoms with Gasteiger partial charge in [-0.05, 0) is 5.56 Å². The van der Waals surface area contributed by atoms with Gasteiger partial charge in [-0.2, -0.15) is 0 Å². The van der Waals surface area contributed by atoms with Crippen LogP contribution in [0.15, 0.2) is 41.0 Å². The topological polar surface area (TPSA) is 72.6 Å². The van der Waals surface area contributed by atoms with Gasteiger partial charge in [-0.25, -0.2) is 9.78 Å². The lowest BCUT2D eigenvalue weighted by molar-refractivity contribution is 0.0689. The van der Waals surface area contributed by atoms with E-state index in [4.69, 9.17) is 14.3 Å². The number of carboxylic acid groups (broad SMARTS) is 1. The minimum absolute atomic E-state index is 0.108. The first-order valence-corrected chi connectivity index (χ1v) is 5.05. The van der Waals surface area contributed by atoms with Crippen LogP contribution in [0.25, 0.3) is 0 Å². The third-order valence-corrected chi connectivity index (χ3v) is 2.11. The van der Waals surface area contributed by atoms with E-state index in [9.17, 15) is 4.79 Å². The van der Waals surface area contributed by atoms with Crippen LogP contribution in [0.5, 0.6) is 0 Å². The van der Waals surface area contributed by atoms with Crippen molar-refractivity contribution in [3.63, 3.8) is 0 Å². The molecule has 5 heteroatoms. The molecule has 0 spiro atoms. The summed E-state index contributed by atoms with van der Waals surface area (Å²) in [7, 11) is 0. The lowest BCUT2D eigenvalue weighted by atomic mass is 10.2. The van der Waals surface area contributed by atoms with Crippen molar-refractivity contribution in [2.45, 2.75) is 13.2 Å². The highest BCUT2D eigenvalue weighted by Crippen LogP contribution is 2.06. The van der Waals surface area contributed by atoms with E-state index in [2.05, 4.69) is 4.98 Å². The largest absolute Gasteiger partial charge is 0.476 e. The summed E-state index contributed by atoms with van der Waals surface area (Å²) >= 11 is 0. The fourth-order valence-electron chi connectivity index (χ4n) is 1.31. The summed E-state index contributed by atoms with van der Waals surface area (Å²) in [5, 5.41) is 8.64. The highest BCUT2D eigenvalue weighted by molar-refractivity contribution is 5.84. The van der Waals surface area contributed by atoms with E-state index in [-0.39, 0.29) is 18.2 Å². The lowest BCUT2D eigenvalue weighted by Crippen LogP contribution is -1.98. The molecule has 0 bridgehead atoms. The number of nitrogens with zero attached hydrogens (tertiary/aromatic N) is 1. The number of carboxylic acids is 1. The molecule has 88 valence electrons. The Kier molecular flexibility index (Phi) is 3.52. The molecule has 1 aromatic carbocycles. The molecule has 0 aliphatic rings. The van der Waals surface area contributed by atoms with Gasteiger partial charge in [0.05, 0.1) is 6.61 Å². The molecular weight excluding hydrogens is 222 g/mol. The van der Waals surface area contributed by atoms with Crippen molar-refractivity contribution in [1.29, 1.82) is 0 Å². The van der Waals surface area contributed by atoms with E-state index in [0.717, 1.165) is 11.8 Å². The van der Waals surface area contributed by atoms with Gasteiger partial charge in [-0.15, -0.1) is 0 Å². The minimum atomic E-state index is -1.11. The maximum atomic E-state index is 10.5. The fraction of sp³-hybridized carbons (Fsp3) is 0.167. The lowest BCUT2D eigenvalue weighted by Gasteiger charge is -2.00. The Bertz CT molecular complexity index is 492. The van der Waals surface area contributed by atoms with Crippen LogP contribution in [0.3, 0.4) is 0 Å². The molecule has 0 unspecified atom stereocenters. The Labute approximate surface area is 97.7 Å². The first-order chi connectivity index (χ1) is 8.25. The average Bonchev–Trinajstić information content (AvgIpc) is 2.79. The van der Waals surface area contributed by atoms with Crippen LogP contribution < -0.4 is 0 Å². The number of ether oxygens (including phenoxy) is 1. The van der Waals surface area contributed by atoms with Crippen LogP contribution in [0.2, 0.25) is 0 Å². The highest BCUT2D eigenvalue weighted by Gasteiger charge is 2.09. The van der Waals surface area contributed by atoms with Crippen LogP contribution >= 0.6 is 0 Å². The quantitative estimate of drug-likeness (QED) is 0.856. The van der Waals surface area contributed by atoms with Gasteiger partial charge in [0.1, 0.15) is 12.9 Å². The normalized spacial score (nSPS) is 10.4. The molecule has 0 saturated heterocycles. The second kappa shape index (κ2) is 5.27. The maximum absolute atomic E-state index is 10.5.